The standard InChI is InChI=1S/C26H33FN4OS/c1-17(2)30(6)26(32)20-10-11-24-23(15-20)25(18(3)31(24)16-21(27)12-13-28)19-8-7-9-22(14-19)33-29(4)5/h7-12,14-15,17H,13,16,28H2,1-6H3/b21-12-. The van der Waals surface area contributed by atoms with Crippen molar-refractivity contribution in [1.82, 2.24) is 13.8 Å². The maximum Gasteiger partial charge on any atom is 0.253 e. The number of carbonyl (C=O) groups excluding carboxylic acids is 1. The molecule has 7 heteroatoms. The van der Waals surface area contributed by atoms with Crippen LogP contribution in [-0.2, 0) is 6.54 Å². The van der Waals surface area contributed by atoms with Crippen molar-refractivity contribution < 1.29 is 9.18 Å². The molecule has 1 amide bonds. The van der Waals surface area contributed by atoms with E-state index in [-0.39, 0.29) is 30.9 Å². The molecule has 1 aromatic heterocycles. The Morgan fingerprint density at radius 2 is 1.91 bits per heavy atom. The van der Waals surface area contributed by atoms with Gasteiger partial charge >= 0.3 is 0 Å². The third-order valence-electron chi connectivity index (χ3n) is 5.72. The van der Waals surface area contributed by atoms with Gasteiger partial charge in [0.2, 0.25) is 0 Å². The van der Waals surface area contributed by atoms with Crippen molar-refractivity contribution in [3.8, 4) is 11.1 Å². The molecule has 0 spiro atoms. The third-order valence-corrected chi connectivity index (χ3v) is 6.55. The van der Waals surface area contributed by atoms with Gasteiger partial charge in [0.15, 0.2) is 0 Å². The minimum absolute atomic E-state index is 0.0330. The van der Waals surface area contributed by atoms with Gasteiger partial charge in [-0.3, -0.25) is 9.10 Å². The van der Waals surface area contributed by atoms with E-state index < -0.39 is 0 Å². The van der Waals surface area contributed by atoms with Crippen LogP contribution in [-0.4, -0.2) is 53.4 Å². The highest BCUT2D eigenvalue weighted by Gasteiger charge is 2.20. The Bertz CT molecular complexity index is 1180. The average molecular weight is 469 g/mol. The minimum atomic E-state index is -0.277. The highest BCUT2D eigenvalue weighted by Crippen LogP contribution is 2.37. The van der Waals surface area contributed by atoms with Crippen molar-refractivity contribution in [2.24, 2.45) is 5.73 Å². The Kier molecular flexibility index (Phi) is 8.00. The summed E-state index contributed by atoms with van der Waals surface area (Å²) in [7, 11) is 5.82. The number of benzene rings is 2. The number of halogens is 1. The summed E-state index contributed by atoms with van der Waals surface area (Å²) in [5.41, 5.74) is 10.0. The van der Waals surface area contributed by atoms with Gasteiger partial charge in [-0.05, 0) is 88.8 Å². The lowest BCUT2D eigenvalue weighted by Gasteiger charge is -2.21. The van der Waals surface area contributed by atoms with Crippen LogP contribution >= 0.6 is 11.9 Å². The summed E-state index contributed by atoms with van der Waals surface area (Å²) in [4.78, 5) is 15.9. The summed E-state index contributed by atoms with van der Waals surface area (Å²) in [6.45, 7) is 6.23. The molecule has 0 saturated carbocycles. The van der Waals surface area contributed by atoms with Crippen molar-refractivity contribution in [3.05, 3.63) is 65.6 Å². The Morgan fingerprint density at radius 1 is 1.18 bits per heavy atom. The van der Waals surface area contributed by atoms with E-state index in [0.717, 1.165) is 32.6 Å². The van der Waals surface area contributed by atoms with Gasteiger partial charge in [0.05, 0.1) is 6.54 Å². The first kappa shape index (κ1) is 25.0. The van der Waals surface area contributed by atoms with Gasteiger partial charge in [0, 0.05) is 52.3 Å². The van der Waals surface area contributed by atoms with Gasteiger partial charge in [-0.1, -0.05) is 12.1 Å². The monoisotopic (exact) mass is 468 g/mol. The molecule has 3 rings (SSSR count). The summed E-state index contributed by atoms with van der Waals surface area (Å²) in [5.74, 6) is -0.310. The highest BCUT2D eigenvalue weighted by atomic mass is 32.2. The second-order valence-corrected chi connectivity index (χ2v) is 9.99. The molecule has 5 nitrogen and oxygen atoms in total. The SMILES string of the molecule is Cc1c(-c2cccc(SN(C)C)c2)c2cc(C(=O)N(C)C(C)C)ccc2n1C/C(F)=C/CN. The number of fused-ring (bicyclic) bond motifs is 1. The van der Waals surface area contributed by atoms with Crippen LogP contribution in [0.25, 0.3) is 22.0 Å². The molecule has 2 N–H and O–H groups in total. The zero-order valence-electron chi connectivity index (χ0n) is 20.2. The number of carbonyl (C=O) groups is 1. The predicted octanol–water partition coefficient (Wildman–Crippen LogP) is 5.48. The number of hydrogen-bond acceptors (Lipinski definition) is 4. The molecule has 0 bridgehead atoms. The second kappa shape index (κ2) is 10.5. The average Bonchev–Trinajstić information content (AvgIpc) is 3.03. The van der Waals surface area contributed by atoms with Gasteiger partial charge in [-0.15, -0.1) is 0 Å². The third kappa shape index (κ3) is 5.49. The van der Waals surface area contributed by atoms with E-state index in [1.165, 1.54) is 6.08 Å². The smallest absolute Gasteiger partial charge is 0.253 e. The van der Waals surface area contributed by atoms with Crippen LogP contribution in [0.5, 0.6) is 0 Å². The van der Waals surface area contributed by atoms with Crippen molar-refractivity contribution in [2.75, 3.05) is 27.7 Å². The molecule has 3 aromatic rings. The van der Waals surface area contributed by atoms with Crippen LogP contribution in [0.1, 0.15) is 29.9 Å². The van der Waals surface area contributed by atoms with Crippen LogP contribution in [0.15, 0.2) is 59.3 Å². The topological polar surface area (TPSA) is 54.5 Å². The van der Waals surface area contributed by atoms with Gasteiger partial charge < -0.3 is 15.2 Å². The zero-order chi connectivity index (χ0) is 24.3. The molecule has 176 valence electrons. The summed E-state index contributed by atoms with van der Waals surface area (Å²) >= 11 is 1.64. The maximum atomic E-state index is 14.5. The quantitative estimate of drug-likeness (QED) is 0.445. The fourth-order valence-electron chi connectivity index (χ4n) is 3.88. The lowest BCUT2D eigenvalue weighted by molar-refractivity contribution is 0.0755. The molecule has 0 saturated heterocycles. The zero-order valence-corrected chi connectivity index (χ0v) is 21.0. The van der Waals surface area contributed by atoms with Crippen LogP contribution in [0.4, 0.5) is 4.39 Å². The summed E-state index contributed by atoms with van der Waals surface area (Å²) in [6.07, 6.45) is 1.40. The van der Waals surface area contributed by atoms with Crippen molar-refractivity contribution >= 4 is 28.8 Å². The molecule has 0 radical (unpaired) electrons. The van der Waals surface area contributed by atoms with Gasteiger partial charge in [-0.25, -0.2) is 4.39 Å². The van der Waals surface area contributed by atoms with Crippen LogP contribution < -0.4 is 5.73 Å². The molecule has 0 fully saturated rings. The van der Waals surface area contributed by atoms with Crippen molar-refractivity contribution in [3.63, 3.8) is 0 Å². The molecule has 33 heavy (non-hydrogen) atoms. The summed E-state index contributed by atoms with van der Waals surface area (Å²) in [5, 5.41) is 0.933. The van der Waals surface area contributed by atoms with Crippen molar-refractivity contribution in [2.45, 2.75) is 38.3 Å². The van der Waals surface area contributed by atoms with Crippen LogP contribution in [0, 0.1) is 6.92 Å². The number of nitrogens with zero attached hydrogens (tertiary/aromatic N) is 3. The number of rotatable bonds is 8. The van der Waals surface area contributed by atoms with E-state index in [1.54, 1.807) is 16.8 Å². The Balaban J connectivity index is 2.23. The van der Waals surface area contributed by atoms with Gasteiger partial charge in [0.1, 0.15) is 5.83 Å². The number of hydrogen-bond donors (Lipinski definition) is 1. The van der Waals surface area contributed by atoms with E-state index in [2.05, 4.69) is 18.2 Å². The van der Waals surface area contributed by atoms with Crippen LogP contribution in [0.3, 0.4) is 0 Å². The maximum absolute atomic E-state index is 14.5. The van der Waals surface area contributed by atoms with E-state index in [1.807, 2.05) is 75.1 Å². The Hall–Kier alpha value is -2.61. The molecule has 0 aliphatic heterocycles. The van der Waals surface area contributed by atoms with E-state index >= 15 is 0 Å². The second-order valence-electron chi connectivity index (χ2n) is 8.61. The molecular formula is C26H33FN4OS. The molecule has 0 atom stereocenters. The highest BCUT2D eigenvalue weighted by molar-refractivity contribution is 7.97. The number of allylic oxidation sites excluding steroid dienone is 1. The largest absolute Gasteiger partial charge is 0.339 e. The molecule has 0 aliphatic carbocycles. The fraction of sp³-hybridized carbons (Fsp3) is 0.346. The molecular weight excluding hydrogens is 435 g/mol. The predicted molar refractivity (Wildman–Crippen MR) is 137 cm³/mol. The lowest BCUT2D eigenvalue weighted by Crippen LogP contribution is -2.32. The first-order valence-electron chi connectivity index (χ1n) is 11.0. The fourth-order valence-corrected chi connectivity index (χ4v) is 4.62. The van der Waals surface area contributed by atoms with E-state index in [4.69, 9.17) is 5.73 Å². The van der Waals surface area contributed by atoms with E-state index in [9.17, 15) is 9.18 Å². The Morgan fingerprint density at radius 3 is 2.55 bits per heavy atom. The molecule has 1 heterocycles. The van der Waals surface area contributed by atoms with Crippen LogP contribution in [0.2, 0.25) is 0 Å². The number of aromatic nitrogens is 1. The van der Waals surface area contributed by atoms with Crippen molar-refractivity contribution in [1.29, 1.82) is 0 Å². The summed E-state index contributed by atoms with van der Waals surface area (Å²) < 4.78 is 18.5. The Labute approximate surface area is 200 Å². The lowest BCUT2D eigenvalue weighted by atomic mass is 10.0. The summed E-state index contributed by atoms with van der Waals surface area (Å²) in [6, 6.07) is 14.1. The molecule has 0 unspecified atom stereocenters. The number of amides is 1. The first-order valence-corrected chi connectivity index (χ1v) is 11.8. The molecule has 2 aromatic carbocycles. The minimum Gasteiger partial charge on any atom is -0.339 e. The van der Waals surface area contributed by atoms with Gasteiger partial charge in [0.25, 0.3) is 5.91 Å². The first-order chi connectivity index (χ1) is 15.6. The molecule has 0 aliphatic rings. The number of nitrogens with two attached hydrogens (primary N) is 1. The van der Waals surface area contributed by atoms with Gasteiger partial charge in [-0.2, -0.15) is 0 Å². The van der Waals surface area contributed by atoms with E-state index in [0.29, 0.717) is 5.56 Å². The normalized spacial score (nSPS) is 12.2.